The molecule has 0 aliphatic carbocycles. The molecule has 1 atom stereocenters. The zero-order chi connectivity index (χ0) is 12.3. The van der Waals surface area contributed by atoms with Gasteiger partial charge < -0.3 is 10.2 Å². The van der Waals surface area contributed by atoms with Crippen molar-refractivity contribution in [2.24, 2.45) is 0 Å². The van der Waals surface area contributed by atoms with Crippen LogP contribution in [0.4, 0.5) is 5.13 Å². The zero-order valence-electron chi connectivity index (χ0n) is 10.1. The number of nitrogens with zero attached hydrogens (tertiary/aromatic N) is 4. The van der Waals surface area contributed by atoms with Crippen LogP contribution < -0.4 is 5.32 Å². The normalized spacial score (nSPS) is 20.1. The molecule has 0 spiro atoms. The van der Waals surface area contributed by atoms with Gasteiger partial charge in [0, 0.05) is 26.2 Å². The van der Waals surface area contributed by atoms with Crippen molar-refractivity contribution in [2.45, 2.75) is 13.0 Å². The van der Waals surface area contributed by atoms with Crippen LogP contribution in [0.1, 0.15) is 18.0 Å². The maximum absolute atomic E-state index is 10.3. The Morgan fingerprint density at radius 3 is 2.71 bits per heavy atom. The van der Waals surface area contributed by atoms with E-state index in [2.05, 4.69) is 39.3 Å². The van der Waals surface area contributed by atoms with Gasteiger partial charge in [0.25, 0.3) is 0 Å². The van der Waals surface area contributed by atoms with Crippen molar-refractivity contribution in [3.05, 3.63) is 5.01 Å². The molecule has 0 aromatic carbocycles. The highest BCUT2D eigenvalue weighted by atomic mass is 32.1. The first-order valence-corrected chi connectivity index (χ1v) is 6.48. The van der Waals surface area contributed by atoms with Crippen LogP contribution in [-0.4, -0.2) is 59.6 Å². The van der Waals surface area contributed by atoms with Gasteiger partial charge in [0.1, 0.15) is 5.01 Å². The Morgan fingerprint density at radius 2 is 2.06 bits per heavy atom. The molecule has 6 nitrogen and oxygen atoms in total. The number of amides is 1. The minimum atomic E-state index is 0.267. The van der Waals surface area contributed by atoms with Crippen molar-refractivity contribution in [2.75, 3.05) is 38.5 Å². The summed E-state index contributed by atoms with van der Waals surface area (Å²) < 4.78 is 0. The summed E-state index contributed by atoms with van der Waals surface area (Å²) in [6.45, 7) is 6.41. The quantitative estimate of drug-likeness (QED) is 0.790. The highest BCUT2D eigenvalue weighted by molar-refractivity contribution is 7.15. The van der Waals surface area contributed by atoms with Gasteiger partial charge in [0.15, 0.2) is 0 Å². The molecular formula is C10H17N5OS. The number of likely N-dealkylation sites (N-methyl/N-ethyl adjacent to an activating group) is 1. The summed E-state index contributed by atoms with van der Waals surface area (Å²) in [5.41, 5.74) is 0. The number of nitrogens with one attached hydrogen (secondary N) is 1. The second-order valence-electron chi connectivity index (χ2n) is 4.22. The average molecular weight is 255 g/mol. The molecule has 1 aliphatic heterocycles. The third-order valence-electron chi connectivity index (χ3n) is 3.07. The summed E-state index contributed by atoms with van der Waals surface area (Å²) >= 11 is 1.44. The molecule has 0 saturated carbocycles. The van der Waals surface area contributed by atoms with E-state index in [1.165, 1.54) is 11.3 Å². The van der Waals surface area contributed by atoms with Crippen LogP contribution in [0.5, 0.6) is 0 Å². The van der Waals surface area contributed by atoms with E-state index in [-0.39, 0.29) is 6.04 Å². The number of carbonyl (C=O) groups is 1. The van der Waals surface area contributed by atoms with Crippen molar-refractivity contribution in [3.63, 3.8) is 0 Å². The van der Waals surface area contributed by atoms with Crippen LogP contribution in [0.2, 0.25) is 0 Å². The van der Waals surface area contributed by atoms with Crippen molar-refractivity contribution in [3.8, 4) is 0 Å². The fourth-order valence-electron chi connectivity index (χ4n) is 1.88. The molecule has 94 valence electrons. The lowest BCUT2D eigenvalue weighted by molar-refractivity contribution is -0.105. The molecule has 1 fully saturated rings. The summed E-state index contributed by atoms with van der Waals surface area (Å²) in [5.74, 6) is 0. The van der Waals surface area contributed by atoms with Gasteiger partial charge in [0.2, 0.25) is 11.5 Å². The van der Waals surface area contributed by atoms with E-state index < -0.39 is 0 Å². The lowest BCUT2D eigenvalue weighted by atomic mass is 10.2. The molecule has 2 heterocycles. The van der Waals surface area contributed by atoms with Crippen LogP contribution in [0, 0.1) is 0 Å². The van der Waals surface area contributed by atoms with Gasteiger partial charge in [-0.05, 0) is 14.0 Å². The molecule has 7 heteroatoms. The topological polar surface area (TPSA) is 61.4 Å². The monoisotopic (exact) mass is 255 g/mol. The molecule has 1 saturated heterocycles. The Kier molecular flexibility index (Phi) is 4.03. The van der Waals surface area contributed by atoms with Gasteiger partial charge in [-0.1, -0.05) is 11.3 Å². The first-order valence-electron chi connectivity index (χ1n) is 5.67. The van der Waals surface area contributed by atoms with E-state index in [1.807, 2.05) is 0 Å². The third kappa shape index (κ3) is 2.99. The van der Waals surface area contributed by atoms with Crippen LogP contribution in [0.3, 0.4) is 0 Å². The molecule has 1 aromatic heterocycles. The van der Waals surface area contributed by atoms with Gasteiger partial charge in [-0.25, -0.2) is 0 Å². The maximum atomic E-state index is 10.3. The van der Waals surface area contributed by atoms with Gasteiger partial charge in [0.05, 0.1) is 6.04 Å². The van der Waals surface area contributed by atoms with Crippen molar-refractivity contribution < 1.29 is 4.79 Å². The third-order valence-corrected chi connectivity index (χ3v) is 4.09. The Morgan fingerprint density at radius 1 is 1.35 bits per heavy atom. The van der Waals surface area contributed by atoms with E-state index in [0.29, 0.717) is 11.5 Å². The standard InChI is InChI=1S/C10H17N5OS/c1-8(15-5-3-14(2)4-6-15)9-12-13-10(17-9)11-7-16/h7-8H,3-6H2,1-2H3,(H,11,13,16). The SMILES string of the molecule is CC(c1nnc(NC=O)s1)N1CCN(C)CC1. The molecule has 0 radical (unpaired) electrons. The fourth-order valence-corrected chi connectivity index (χ4v) is 2.67. The highest BCUT2D eigenvalue weighted by Gasteiger charge is 2.22. The van der Waals surface area contributed by atoms with Gasteiger partial charge in [-0.3, -0.25) is 9.69 Å². The summed E-state index contributed by atoms with van der Waals surface area (Å²) in [5, 5.41) is 12.1. The second kappa shape index (κ2) is 5.52. The fraction of sp³-hybridized carbons (Fsp3) is 0.700. The highest BCUT2D eigenvalue weighted by Crippen LogP contribution is 2.26. The Labute approximate surface area is 105 Å². The van der Waals surface area contributed by atoms with Crippen LogP contribution in [0.15, 0.2) is 0 Å². The number of rotatable bonds is 4. The van der Waals surface area contributed by atoms with E-state index in [4.69, 9.17) is 0 Å². The lowest BCUT2D eigenvalue weighted by Crippen LogP contribution is -2.45. The Bertz CT molecular complexity index is 375. The first kappa shape index (κ1) is 12.4. The Balaban J connectivity index is 1.98. The number of hydrogen-bond acceptors (Lipinski definition) is 6. The molecule has 1 aliphatic rings. The number of anilines is 1. The number of carbonyl (C=O) groups excluding carboxylic acids is 1. The lowest BCUT2D eigenvalue weighted by Gasteiger charge is -2.35. The zero-order valence-corrected chi connectivity index (χ0v) is 10.9. The van der Waals surface area contributed by atoms with Crippen molar-refractivity contribution >= 4 is 22.9 Å². The summed E-state index contributed by atoms with van der Waals surface area (Å²) in [7, 11) is 2.14. The van der Waals surface area contributed by atoms with Gasteiger partial charge >= 0.3 is 0 Å². The maximum Gasteiger partial charge on any atom is 0.213 e. The largest absolute Gasteiger partial charge is 0.304 e. The summed E-state index contributed by atoms with van der Waals surface area (Å²) in [6.07, 6.45) is 0.630. The predicted molar refractivity (Wildman–Crippen MR) is 67.1 cm³/mol. The van der Waals surface area contributed by atoms with Gasteiger partial charge in [-0.15, -0.1) is 10.2 Å². The minimum Gasteiger partial charge on any atom is -0.304 e. The van der Waals surface area contributed by atoms with Crippen LogP contribution >= 0.6 is 11.3 Å². The average Bonchev–Trinajstić information content (AvgIpc) is 2.78. The van der Waals surface area contributed by atoms with E-state index in [1.54, 1.807) is 0 Å². The van der Waals surface area contributed by atoms with Crippen molar-refractivity contribution in [1.29, 1.82) is 0 Å². The first-order chi connectivity index (χ1) is 8.20. The molecule has 17 heavy (non-hydrogen) atoms. The molecular weight excluding hydrogens is 238 g/mol. The minimum absolute atomic E-state index is 0.267. The van der Waals surface area contributed by atoms with Crippen LogP contribution in [-0.2, 0) is 4.79 Å². The van der Waals surface area contributed by atoms with E-state index >= 15 is 0 Å². The second-order valence-corrected chi connectivity index (χ2v) is 5.23. The molecule has 1 aromatic rings. The molecule has 1 N–H and O–H groups in total. The van der Waals surface area contributed by atoms with Gasteiger partial charge in [-0.2, -0.15) is 0 Å². The van der Waals surface area contributed by atoms with Crippen LogP contribution in [0.25, 0.3) is 0 Å². The van der Waals surface area contributed by atoms with E-state index in [9.17, 15) is 4.79 Å². The Hall–Kier alpha value is -1.05. The van der Waals surface area contributed by atoms with Crippen molar-refractivity contribution in [1.82, 2.24) is 20.0 Å². The number of aromatic nitrogens is 2. The summed E-state index contributed by atoms with van der Waals surface area (Å²) in [4.78, 5) is 15.0. The summed E-state index contributed by atoms with van der Waals surface area (Å²) in [6, 6.07) is 0.267. The number of piperazine rings is 1. The smallest absolute Gasteiger partial charge is 0.213 e. The predicted octanol–water partition coefficient (Wildman–Crippen LogP) is 0.415. The molecule has 1 amide bonds. The molecule has 0 bridgehead atoms. The number of hydrogen-bond donors (Lipinski definition) is 1. The van der Waals surface area contributed by atoms with E-state index in [0.717, 1.165) is 31.2 Å². The molecule has 1 unspecified atom stereocenters. The molecule has 2 rings (SSSR count).